The molecule has 0 radical (unpaired) electrons. The van der Waals surface area contributed by atoms with Crippen LogP contribution < -0.4 is 0 Å². The number of hydrogen-bond acceptors (Lipinski definition) is 2. The van der Waals surface area contributed by atoms with E-state index in [1.54, 1.807) is 0 Å². The van der Waals surface area contributed by atoms with E-state index in [1.165, 1.54) is 25.7 Å². The molecule has 1 fully saturated rings. The van der Waals surface area contributed by atoms with Gasteiger partial charge in [0.2, 0.25) is 0 Å². The van der Waals surface area contributed by atoms with Gasteiger partial charge >= 0.3 is 0 Å². The predicted octanol–water partition coefficient (Wildman–Crippen LogP) is 6.32. The number of aliphatic hydroxyl groups is 1. The Kier molecular flexibility index (Phi) is 11.4. The van der Waals surface area contributed by atoms with Gasteiger partial charge in [0.1, 0.15) is 5.78 Å². The maximum absolute atomic E-state index is 12.6. The van der Waals surface area contributed by atoms with Crippen molar-refractivity contribution in [3.05, 3.63) is 12.2 Å². The van der Waals surface area contributed by atoms with Crippen LogP contribution >= 0.6 is 0 Å². The highest BCUT2D eigenvalue weighted by molar-refractivity contribution is 5.83. The number of carbonyl (C=O) groups excluding carboxylic acids is 1. The van der Waals surface area contributed by atoms with Crippen molar-refractivity contribution < 1.29 is 9.90 Å². The molecule has 0 heterocycles. The number of ketones is 1. The zero-order chi connectivity index (χ0) is 18.7. The van der Waals surface area contributed by atoms with Crippen molar-refractivity contribution >= 4 is 5.78 Å². The van der Waals surface area contributed by atoms with Crippen molar-refractivity contribution in [3.8, 4) is 0 Å². The lowest BCUT2D eigenvalue weighted by Crippen LogP contribution is -2.42. The molecule has 4 unspecified atom stereocenters. The van der Waals surface area contributed by atoms with E-state index in [2.05, 4.69) is 39.8 Å². The molecule has 0 aromatic heterocycles. The van der Waals surface area contributed by atoms with E-state index in [0.29, 0.717) is 24.0 Å². The van der Waals surface area contributed by atoms with Crippen LogP contribution in [0.3, 0.4) is 0 Å². The van der Waals surface area contributed by atoms with Gasteiger partial charge in [-0.3, -0.25) is 4.79 Å². The zero-order valence-corrected chi connectivity index (χ0v) is 17.2. The van der Waals surface area contributed by atoms with Crippen LogP contribution in [-0.2, 0) is 4.79 Å². The fourth-order valence-electron chi connectivity index (χ4n) is 4.39. The van der Waals surface area contributed by atoms with Gasteiger partial charge in [-0.1, -0.05) is 78.4 Å². The third kappa shape index (κ3) is 7.64. The number of hydrogen-bond donors (Lipinski definition) is 1. The van der Waals surface area contributed by atoms with Crippen LogP contribution in [0, 0.1) is 23.7 Å². The Labute approximate surface area is 156 Å². The van der Waals surface area contributed by atoms with Crippen LogP contribution in [0.5, 0.6) is 0 Å². The Morgan fingerprint density at radius 3 is 2.40 bits per heavy atom. The molecule has 0 aliphatic heterocycles. The molecule has 1 aliphatic carbocycles. The summed E-state index contributed by atoms with van der Waals surface area (Å²) < 4.78 is 0. The van der Waals surface area contributed by atoms with Gasteiger partial charge in [-0.15, -0.1) is 0 Å². The van der Waals surface area contributed by atoms with Crippen molar-refractivity contribution in [2.45, 2.75) is 104 Å². The highest BCUT2D eigenvalue weighted by Gasteiger charge is 2.41. The summed E-state index contributed by atoms with van der Waals surface area (Å²) in [5, 5.41) is 10.8. The molecular formula is C23H42O2. The number of rotatable bonds is 12. The lowest BCUT2D eigenvalue weighted by atomic mass is 9.65. The molecule has 0 saturated heterocycles. The van der Waals surface area contributed by atoms with Gasteiger partial charge in [0.05, 0.1) is 12.0 Å². The van der Waals surface area contributed by atoms with Crippen LogP contribution in [0.1, 0.15) is 98.3 Å². The Bertz CT molecular complexity index is 386. The number of allylic oxidation sites excluding steroid dienone is 2. The van der Waals surface area contributed by atoms with E-state index in [9.17, 15) is 9.90 Å². The smallest absolute Gasteiger partial charge is 0.139 e. The van der Waals surface area contributed by atoms with E-state index < -0.39 is 6.10 Å². The largest absolute Gasteiger partial charge is 0.392 e. The molecular weight excluding hydrogens is 308 g/mol. The summed E-state index contributed by atoms with van der Waals surface area (Å²) in [6, 6.07) is 0. The fraction of sp³-hybridized carbons (Fsp3) is 0.870. The van der Waals surface area contributed by atoms with Crippen LogP contribution in [0.25, 0.3) is 0 Å². The third-order valence-electron chi connectivity index (χ3n) is 5.96. The Morgan fingerprint density at radius 2 is 1.76 bits per heavy atom. The highest BCUT2D eigenvalue weighted by atomic mass is 16.3. The van der Waals surface area contributed by atoms with Crippen LogP contribution in [0.4, 0.5) is 0 Å². The van der Waals surface area contributed by atoms with Crippen molar-refractivity contribution in [1.82, 2.24) is 0 Å². The molecule has 1 N–H and O–H groups in total. The first-order valence-corrected chi connectivity index (χ1v) is 10.9. The fourth-order valence-corrected chi connectivity index (χ4v) is 4.39. The topological polar surface area (TPSA) is 37.3 Å². The lowest BCUT2D eigenvalue weighted by Gasteiger charge is -2.40. The van der Waals surface area contributed by atoms with E-state index in [4.69, 9.17) is 0 Å². The quantitative estimate of drug-likeness (QED) is 0.330. The van der Waals surface area contributed by atoms with Crippen LogP contribution in [0.2, 0.25) is 0 Å². The molecule has 1 aliphatic rings. The molecule has 2 nitrogen and oxygen atoms in total. The van der Waals surface area contributed by atoms with Crippen molar-refractivity contribution in [2.75, 3.05) is 0 Å². The second-order valence-electron chi connectivity index (χ2n) is 8.36. The van der Waals surface area contributed by atoms with Gasteiger partial charge in [-0.25, -0.2) is 0 Å². The first-order valence-electron chi connectivity index (χ1n) is 10.9. The highest BCUT2D eigenvalue weighted by Crippen LogP contribution is 2.40. The monoisotopic (exact) mass is 350 g/mol. The summed E-state index contributed by atoms with van der Waals surface area (Å²) in [5.74, 6) is 1.43. The molecule has 4 atom stereocenters. The first-order chi connectivity index (χ1) is 12.0. The van der Waals surface area contributed by atoms with Crippen LogP contribution in [0.15, 0.2) is 12.2 Å². The third-order valence-corrected chi connectivity index (χ3v) is 5.96. The van der Waals surface area contributed by atoms with E-state index in [0.717, 1.165) is 38.5 Å². The van der Waals surface area contributed by atoms with E-state index in [1.807, 2.05) is 0 Å². The van der Waals surface area contributed by atoms with Gasteiger partial charge in [0.15, 0.2) is 0 Å². The number of aliphatic hydroxyl groups excluding tert-OH is 1. The molecule has 2 heteroatoms. The standard InChI is InChI=1S/C23H42O2/c1-5-7-9-10-11-13-14-20-19(18(3)4)16-17-22(25)23(20)21(24)15-12-8-6-2/h13-14,18-21,23-24H,5-12,15-17H2,1-4H3/b14-13+. The maximum Gasteiger partial charge on any atom is 0.139 e. The summed E-state index contributed by atoms with van der Waals surface area (Å²) in [7, 11) is 0. The number of unbranched alkanes of at least 4 members (excludes halogenated alkanes) is 6. The van der Waals surface area contributed by atoms with Crippen molar-refractivity contribution in [3.63, 3.8) is 0 Å². The predicted molar refractivity (Wildman–Crippen MR) is 108 cm³/mol. The maximum atomic E-state index is 12.6. The molecule has 0 spiro atoms. The molecule has 0 aromatic carbocycles. The van der Waals surface area contributed by atoms with E-state index >= 15 is 0 Å². The van der Waals surface area contributed by atoms with Crippen molar-refractivity contribution in [1.29, 1.82) is 0 Å². The summed E-state index contributed by atoms with van der Waals surface area (Å²) >= 11 is 0. The summed E-state index contributed by atoms with van der Waals surface area (Å²) in [6.45, 7) is 8.95. The molecule has 146 valence electrons. The average Bonchev–Trinajstić information content (AvgIpc) is 2.57. The minimum absolute atomic E-state index is 0.176. The molecule has 0 amide bonds. The first kappa shape index (κ1) is 22.4. The Morgan fingerprint density at radius 1 is 1.08 bits per heavy atom. The van der Waals surface area contributed by atoms with Gasteiger partial charge in [-0.05, 0) is 43.4 Å². The second kappa shape index (κ2) is 12.7. The second-order valence-corrected chi connectivity index (χ2v) is 8.36. The van der Waals surface area contributed by atoms with E-state index in [-0.39, 0.29) is 11.8 Å². The van der Waals surface area contributed by atoms with Gasteiger partial charge in [0, 0.05) is 6.42 Å². The normalized spacial score (nSPS) is 25.8. The van der Waals surface area contributed by atoms with Gasteiger partial charge in [0.25, 0.3) is 0 Å². The molecule has 1 rings (SSSR count). The summed E-state index contributed by atoms with van der Waals surface area (Å²) in [6.07, 6.45) is 16.1. The van der Waals surface area contributed by atoms with Gasteiger partial charge < -0.3 is 5.11 Å². The number of Topliss-reactive ketones (excluding diaryl/α,β-unsaturated/α-hetero) is 1. The molecule has 0 aromatic rings. The summed E-state index contributed by atoms with van der Waals surface area (Å²) in [5.41, 5.74) is 0. The summed E-state index contributed by atoms with van der Waals surface area (Å²) in [4.78, 5) is 12.6. The Balaban J connectivity index is 2.75. The van der Waals surface area contributed by atoms with Crippen LogP contribution in [-0.4, -0.2) is 17.0 Å². The molecule has 1 saturated carbocycles. The minimum Gasteiger partial charge on any atom is -0.392 e. The molecule has 0 bridgehead atoms. The Hall–Kier alpha value is -0.630. The van der Waals surface area contributed by atoms with Gasteiger partial charge in [-0.2, -0.15) is 0 Å². The van der Waals surface area contributed by atoms with Crippen molar-refractivity contribution in [2.24, 2.45) is 23.7 Å². The SMILES string of the molecule is CCCCCC/C=C/C1C(C(C)C)CCC(=O)C1C(O)CCCCC. The zero-order valence-electron chi connectivity index (χ0n) is 17.2. The number of carbonyl (C=O) groups is 1. The lowest BCUT2D eigenvalue weighted by molar-refractivity contribution is -0.133. The average molecular weight is 351 g/mol. The minimum atomic E-state index is -0.463. The molecule has 25 heavy (non-hydrogen) atoms.